The van der Waals surface area contributed by atoms with Crippen LogP contribution in [-0.2, 0) is 0 Å². The van der Waals surface area contributed by atoms with Crippen LogP contribution >= 0.6 is 11.3 Å². The Balaban J connectivity index is 1.79. The van der Waals surface area contributed by atoms with Gasteiger partial charge in [-0.2, -0.15) is 0 Å². The second-order valence-corrected chi connectivity index (χ2v) is 5.57. The third-order valence-electron chi connectivity index (χ3n) is 3.02. The zero-order valence-electron chi connectivity index (χ0n) is 11.3. The Labute approximate surface area is 122 Å². The van der Waals surface area contributed by atoms with Gasteiger partial charge in [-0.3, -0.25) is 0 Å². The predicted octanol–water partition coefficient (Wildman–Crippen LogP) is 4.90. The molecular formula is C17H16N2S. The first-order chi connectivity index (χ1) is 9.85. The molecule has 0 amide bonds. The summed E-state index contributed by atoms with van der Waals surface area (Å²) in [5.74, 6) is 0. The highest BCUT2D eigenvalue weighted by Crippen LogP contribution is 2.23. The molecule has 0 radical (unpaired) electrons. The van der Waals surface area contributed by atoms with Crippen molar-refractivity contribution in [2.45, 2.75) is 6.92 Å². The average Bonchev–Trinajstić information content (AvgIpc) is 2.90. The molecule has 0 saturated heterocycles. The minimum Gasteiger partial charge on any atom is -0.385 e. The van der Waals surface area contributed by atoms with Gasteiger partial charge in [0.1, 0.15) is 5.01 Å². The van der Waals surface area contributed by atoms with Crippen LogP contribution < -0.4 is 5.32 Å². The van der Waals surface area contributed by atoms with E-state index in [1.54, 1.807) is 11.3 Å². The van der Waals surface area contributed by atoms with E-state index in [0.29, 0.717) is 0 Å². The van der Waals surface area contributed by atoms with Crippen molar-refractivity contribution < 1.29 is 0 Å². The number of anilines is 1. The third kappa shape index (κ3) is 2.89. The minimum atomic E-state index is 0.945. The van der Waals surface area contributed by atoms with E-state index in [1.807, 2.05) is 18.2 Å². The highest BCUT2D eigenvalue weighted by Gasteiger charge is 1.99. The summed E-state index contributed by atoms with van der Waals surface area (Å²) in [5.41, 5.74) is 3.41. The summed E-state index contributed by atoms with van der Waals surface area (Å²) in [6.45, 7) is 3.04. The second kappa shape index (κ2) is 5.88. The lowest BCUT2D eigenvalue weighted by atomic mass is 10.2. The first-order valence-electron chi connectivity index (χ1n) is 6.73. The minimum absolute atomic E-state index is 0.945. The number of hydrogen-bond acceptors (Lipinski definition) is 3. The fourth-order valence-corrected chi connectivity index (χ4v) is 2.92. The molecule has 0 spiro atoms. The molecule has 0 atom stereocenters. The summed E-state index contributed by atoms with van der Waals surface area (Å²) in [5, 5.41) is 4.34. The van der Waals surface area contributed by atoms with E-state index in [-0.39, 0.29) is 0 Å². The van der Waals surface area contributed by atoms with Crippen molar-refractivity contribution in [3.8, 4) is 0 Å². The number of rotatable bonds is 4. The van der Waals surface area contributed by atoms with Gasteiger partial charge in [-0.25, -0.2) is 4.98 Å². The Morgan fingerprint density at radius 1 is 1.05 bits per heavy atom. The Morgan fingerprint density at radius 3 is 2.60 bits per heavy atom. The topological polar surface area (TPSA) is 24.9 Å². The molecule has 0 fully saturated rings. The molecule has 20 heavy (non-hydrogen) atoms. The molecule has 0 unspecified atom stereocenters. The normalized spacial score (nSPS) is 11.2. The number of nitrogens with zero attached hydrogens (tertiary/aromatic N) is 1. The van der Waals surface area contributed by atoms with Gasteiger partial charge in [0.15, 0.2) is 0 Å². The molecular weight excluding hydrogens is 264 g/mol. The Kier molecular flexibility index (Phi) is 3.79. The fraction of sp³-hybridized carbons (Fsp3) is 0.118. The van der Waals surface area contributed by atoms with Crippen molar-refractivity contribution >= 4 is 39.4 Å². The van der Waals surface area contributed by atoms with E-state index in [9.17, 15) is 0 Å². The summed E-state index contributed by atoms with van der Waals surface area (Å²) >= 11 is 1.72. The molecule has 2 aromatic carbocycles. The van der Waals surface area contributed by atoms with Gasteiger partial charge in [0, 0.05) is 12.2 Å². The fourth-order valence-electron chi connectivity index (χ4n) is 2.05. The SMILES string of the molecule is CCNc1ccc(C=Cc2nc3ccccc3s2)cc1. The monoisotopic (exact) mass is 280 g/mol. The van der Waals surface area contributed by atoms with E-state index in [1.165, 1.54) is 10.3 Å². The molecule has 1 aromatic heterocycles. The van der Waals surface area contributed by atoms with Gasteiger partial charge < -0.3 is 5.32 Å². The zero-order chi connectivity index (χ0) is 13.8. The van der Waals surface area contributed by atoms with Crippen LogP contribution in [0.15, 0.2) is 48.5 Å². The van der Waals surface area contributed by atoms with Crippen LogP contribution in [0.4, 0.5) is 5.69 Å². The van der Waals surface area contributed by atoms with E-state index in [4.69, 9.17) is 0 Å². The molecule has 2 nitrogen and oxygen atoms in total. The van der Waals surface area contributed by atoms with Gasteiger partial charge in [0.05, 0.1) is 10.2 Å². The molecule has 3 aromatic rings. The van der Waals surface area contributed by atoms with Gasteiger partial charge in [-0.05, 0) is 42.8 Å². The highest BCUT2D eigenvalue weighted by molar-refractivity contribution is 7.19. The average molecular weight is 280 g/mol. The lowest BCUT2D eigenvalue weighted by Crippen LogP contribution is -1.95. The number of hydrogen-bond donors (Lipinski definition) is 1. The van der Waals surface area contributed by atoms with Crippen molar-refractivity contribution in [2.24, 2.45) is 0 Å². The molecule has 100 valence electrons. The molecule has 0 bridgehead atoms. The molecule has 1 heterocycles. The van der Waals surface area contributed by atoms with Gasteiger partial charge in [-0.1, -0.05) is 30.3 Å². The molecule has 0 saturated carbocycles. The van der Waals surface area contributed by atoms with Crippen LogP contribution in [-0.4, -0.2) is 11.5 Å². The van der Waals surface area contributed by atoms with E-state index in [0.717, 1.165) is 22.8 Å². The van der Waals surface area contributed by atoms with E-state index >= 15 is 0 Å². The van der Waals surface area contributed by atoms with E-state index in [2.05, 4.69) is 59.7 Å². The Morgan fingerprint density at radius 2 is 1.85 bits per heavy atom. The molecule has 3 rings (SSSR count). The van der Waals surface area contributed by atoms with Gasteiger partial charge in [0.25, 0.3) is 0 Å². The smallest absolute Gasteiger partial charge is 0.117 e. The third-order valence-corrected chi connectivity index (χ3v) is 4.02. The lowest BCUT2D eigenvalue weighted by Gasteiger charge is -2.02. The molecule has 0 aliphatic heterocycles. The van der Waals surface area contributed by atoms with Crippen LogP contribution in [0.25, 0.3) is 22.4 Å². The first-order valence-corrected chi connectivity index (χ1v) is 7.54. The first kappa shape index (κ1) is 12.9. The maximum atomic E-state index is 4.59. The standard InChI is InChI=1S/C17H16N2S/c1-2-18-14-10-7-13(8-11-14)9-12-17-19-15-5-3-4-6-16(15)20-17/h3-12,18H,2H2,1H3. The second-order valence-electron chi connectivity index (χ2n) is 4.51. The maximum Gasteiger partial charge on any atom is 0.117 e. The lowest BCUT2D eigenvalue weighted by molar-refractivity contribution is 1.21. The van der Waals surface area contributed by atoms with Gasteiger partial charge in [0.2, 0.25) is 0 Å². The molecule has 0 aliphatic rings. The number of fused-ring (bicyclic) bond motifs is 1. The van der Waals surface area contributed by atoms with Crippen LogP contribution in [0.3, 0.4) is 0 Å². The largest absolute Gasteiger partial charge is 0.385 e. The Bertz CT molecular complexity index is 693. The zero-order valence-corrected chi connectivity index (χ0v) is 12.2. The summed E-state index contributed by atoms with van der Waals surface area (Å²) in [7, 11) is 0. The molecule has 3 heteroatoms. The van der Waals surface area contributed by atoms with Crippen molar-refractivity contribution in [3.63, 3.8) is 0 Å². The molecule has 0 aliphatic carbocycles. The predicted molar refractivity (Wildman–Crippen MR) is 89.2 cm³/mol. The number of thiazole rings is 1. The quantitative estimate of drug-likeness (QED) is 0.735. The van der Waals surface area contributed by atoms with Gasteiger partial charge in [-0.15, -0.1) is 11.3 Å². The summed E-state index contributed by atoms with van der Waals surface area (Å²) in [6.07, 6.45) is 4.18. The van der Waals surface area contributed by atoms with Crippen LogP contribution in [0, 0.1) is 0 Å². The van der Waals surface area contributed by atoms with Crippen LogP contribution in [0.5, 0.6) is 0 Å². The number of aromatic nitrogens is 1. The highest BCUT2D eigenvalue weighted by atomic mass is 32.1. The number of nitrogens with one attached hydrogen (secondary N) is 1. The van der Waals surface area contributed by atoms with Gasteiger partial charge >= 0.3 is 0 Å². The number of para-hydroxylation sites is 1. The van der Waals surface area contributed by atoms with E-state index < -0.39 is 0 Å². The van der Waals surface area contributed by atoms with Crippen molar-refractivity contribution in [1.29, 1.82) is 0 Å². The summed E-state index contributed by atoms with van der Waals surface area (Å²) < 4.78 is 1.23. The van der Waals surface area contributed by atoms with Crippen LogP contribution in [0.2, 0.25) is 0 Å². The van der Waals surface area contributed by atoms with Crippen molar-refractivity contribution in [3.05, 3.63) is 59.1 Å². The summed E-state index contributed by atoms with van der Waals surface area (Å²) in [6, 6.07) is 16.7. The van der Waals surface area contributed by atoms with Crippen LogP contribution in [0.1, 0.15) is 17.5 Å². The Hall–Kier alpha value is -2.13. The van der Waals surface area contributed by atoms with Crippen molar-refractivity contribution in [2.75, 3.05) is 11.9 Å². The maximum absolute atomic E-state index is 4.59. The van der Waals surface area contributed by atoms with Crippen molar-refractivity contribution in [1.82, 2.24) is 4.98 Å². The number of benzene rings is 2. The molecule has 1 N–H and O–H groups in total. The summed E-state index contributed by atoms with van der Waals surface area (Å²) in [4.78, 5) is 4.59.